The largest absolute Gasteiger partial charge is 0.396 e. The summed E-state index contributed by atoms with van der Waals surface area (Å²) < 4.78 is 5.43. The van der Waals surface area contributed by atoms with Crippen LogP contribution in [0.3, 0.4) is 0 Å². The lowest BCUT2D eigenvalue weighted by Crippen LogP contribution is -2.31. The summed E-state index contributed by atoms with van der Waals surface area (Å²) in [6, 6.07) is 0. The summed E-state index contributed by atoms with van der Waals surface area (Å²) in [6.07, 6.45) is 5.27. The Morgan fingerprint density at radius 2 is 2.00 bits per heavy atom. The number of rotatable bonds is 15. The van der Waals surface area contributed by atoms with Crippen molar-refractivity contribution in [2.24, 2.45) is 0 Å². The van der Waals surface area contributed by atoms with Crippen LogP contribution < -0.4 is 5.32 Å². The van der Waals surface area contributed by atoms with Crippen molar-refractivity contribution in [1.29, 1.82) is 0 Å². The van der Waals surface area contributed by atoms with Crippen molar-refractivity contribution in [3.63, 3.8) is 0 Å². The number of aliphatic hydroxyl groups is 2. The Hall–Kier alpha value is 0.190. The van der Waals surface area contributed by atoms with Gasteiger partial charge in [0, 0.05) is 32.1 Å². The van der Waals surface area contributed by atoms with Gasteiger partial charge in [0.25, 0.3) is 0 Å². The average molecular weight is 293 g/mol. The molecule has 0 amide bonds. The highest BCUT2D eigenvalue weighted by Gasteiger charge is 2.03. The quantitative estimate of drug-likeness (QED) is 0.401. The normalized spacial score (nSPS) is 12.8. The first-order chi connectivity index (χ1) is 9.31. The van der Waals surface area contributed by atoms with Crippen LogP contribution in [0.5, 0.6) is 0 Å². The molecule has 5 heteroatoms. The highest BCUT2D eigenvalue weighted by atomic mass is 32.2. The highest BCUT2D eigenvalue weighted by molar-refractivity contribution is 7.99. The van der Waals surface area contributed by atoms with Gasteiger partial charge in [0.1, 0.15) is 0 Å². The van der Waals surface area contributed by atoms with Gasteiger partial charge in [-0.2, -0.15) is 11.8 Å². The van der Waals surface area contributed by atoms with Crippen LogP contribution in [-0.4, -0.2) is 60.7 Å². The van der Waals surface area contributed by atoms with E-state index < -0.39 is 6.10 Å². The number of aliphatic hydroxyl groups excluding tert-OH is 2. The number of nitrogens with one attached hydrogen (secondary N) is 1. The van der Waals surface area contributed by atoms with Gasteiger partial charge in [-0.1, -0.05) is 26.2 Å². The van der Waals surface area contributed by atoms with Gasteiger partial charge in [-0.25, -0.2) is 0 Å². The molecule has 0 aliphatic heterocycles. The van der Waals surface area contributed by atoms with Crippen LogP contribution in [0.4, 0.5) is 0 Å². The molecule has 1 unspecified atom stereocenters. The second-order valence-electron chi connectivity index (χ2n) is 4.68. The minimum atomic E-state index is -0.409. The van der Waals surface area contributed by atoms with E-state index in [1.54, 1.807) is 0 Å². The van der Waals surface area contributed by atoms with E-state index in [4.69, 9.17) is 9.84 Å². The SMILES string of the molecule is CCCCCCOCC(O)CNCCSCCCO. The number of thioether (sulfide) groups is 1. The van der Waals surface area contributed by atoms with Crippen LogP contribution in [0.1, 0.15) is 39.0 Å². The van der Waals surface area contributed by atoms with E-state index in [1.165, 1.54) is 19.3 Å². The van der Waals surface area contributed by atoms with Gasteiger partial charge in [-0.15, -0.1) is 0 Å². The third-order valence-corrected chi connectivity index (χ3v) is 3.77. The second-order valence-corrected chi connectivity index (χ2v) is 5.91. The molecule has 4 nitrogen and oxygen atoms in total. The van der Waals surface area contributed by atoms with Gasteiger partial charge in [0.05, 0.1) is 12.7 Å². The van der Waals surface area contributed by atoms with Crippen molar-refractivity contribution in [1.82, 2.24) is 5.32 Å². The number of hydrogen-bond acceptors (Lipinski definition) is 5. The first kappa shape index (κ1) is 19.2. The van der Waals surface area contributed by atoms with Crippen molar-refractivity contribution in [2.75, 3.05) is 44.4 Å². The molecule has 0 aromatic heterocycles. The van der Waals surface area contributed by atoms with Crippen molar-refractivity contribution in [2.45, 2.75) is 45.1 Å². The van der Waals surface area contributed by atoms with E-state index >= 15 is 0 Å². The molecule has 0 bridgehead atoms. The maximum absolute atomic E-state index is 9.67. The van der Waals surface area contributed by atoms with Gasteiger partial charge in [0.15, 0.2) is 0 Å². The Balaban J connectivity index is 3.10. The molecular weight excluding hydrogens is 262 g/mol. The average Bonchev–Trinajstić information content (AvgIpc) is 2.41. The third-order valence-electron chi connectivity index (χ3n) is 2.70. The fourth-order valence-electron chi connectivity index (χ4n) is 1.59. The van der Waals surface area contributed by atoms with Crippen LogP contribution in [0.2, 0.25) is 0 Å². The molecule has 116 valence electrons. The summed E-state index contributed by atoms with van der Waals surface area (Å²) in [7, 11) is 0. The van der Waals surface area contributed by atoms with E-state index in [1.807, 2.05) is 11.8 Å². The lowest BCUT2D eigenvalue weighted by molar-refractivity contribution is 0.0358. The Kier molecular flexibility index (Phi) is 16.4. The minimum Gasteiger partial charge on any atom is -0.396 e. The van der Waals surface area contributed by atoms with Crippen molar-refractivity contribution >= 4 is 11.8 Å². The smallest absolute Gasteiger partial charge is 0.0897 e. The maximum Gasteiger partial charge on any atom is 0.0897 e. The van der Waals surface area contributed by atoms with Crippen molar-refractivity contribution in [3.05, 3.63) is 0 Å². The lowest BCUT2D eigenvalue weighted by Gasteiger charge is -2.12. The zero-order valence-corrected chi connectivity index (χ0v) is 13.1. The number of hydrogen-bond donors (Lipinski definition) is 3. The Bertz CT molecular complexity index is 173. The molecule has 0 spiro atoms. The molecule has 0 saturated heterocycles. The van der Waals surface area contributed by atoms with Gasteiger partial charge in [0.2, 0.25) is 0 Å². The summed E-state index contributed by atoms with van der Waals surface area (Å²) in [4.78, 5) is 0. The third kappa shape index (κ3) is 16.1. The molecule has 0 rings (SSSR count). The fraction of sp³-hybridized carbons (Fsp3) is 1.00. The molecule has 0 saturated carbocycles. The Morgan fingerprint density at radius 1 is 1.16 bits per heavy atom. The molecule has 1 atom stereocenters. The molecular formula is C14H31NO3S. The lowest BCUT2D eigenvalue weighted by atomic mass is 10.2. The van der Waals surface area contributed by atoms with Crippen LogP contribution in [0, 0.1) is 0 Å². The predicted molar refractivity (Wildman–Crippen MR) is 82.9 cm³/mol. The van der Waals surface area contributed by atoms with E-state index in [2.05, 4.69) is 12.2 Å². The summed E-state index contributed by atoms with van der Waals surface area (Å²) in [5.74, 6) is 2.02. The van der Waals surface area contributed by atoms with Gasteiger partial charge in [-0.05, 0) is 18.6 Å². The summed E-state index contributed by atoms with van der Waals surface area (Å²) in [5, 5.41) is 21.5. The monoisotopic (exact) mass is 293 g/mol. The maximum atomic E-state index is 9.67. The Labute approximate surface area is 122 Å². The first-order valence-electron chi connectivity index (χ1n) is 7.46. The number of ether oxygens (including phenoxy) is 1. The molecule has 19 heavy (non-hydrogen) atoms. The molecule has 0 aromatic rings. The standard InChI is InChI=1S/C14H31NO3S/c1-2-3-4-5-9-18-13-14(17)12-15-7-11-19-10-6-8-16/h14-17H,2-13H2,1H3. The molecule has 0 aromatic carbocycles. The fourth-order valence-corrected chi connectivity index (χ4v) is 2.42. The van der Waals surface area contributed by atoms with Crippen LogP contribution in [-0.2, 0) is 4.74 Å². The second kappa shape index (κ2) is 16.2. The van der Waals surface area contributed by atoms with E-state index in [9.17, 15) is 5.11 Å². The van der Waals surface area contributed by atoms with Crippen LogP contribution in [0.25, 0.3) is 0 Å². The topological polar surface area (TPSA) is 61.7 Å². The van der Waals surface area contributed by atoms with Gasteiger partial charge in [-0.3, -0.25) is 0 Å². The Morgan fingerprint density at radius 3 is 2.74 bits per heavy atom. The molecule has 3 N–H and O–H groups in total. The summed E-state index contributed by atoms with van der Waals surface area (Å²) in [6.45, 7) is 5.14. The molecule has 0 fully saturated rings. The summed E-state index contributed by atoms with van der Waals surface area (Å²) in [5.41, 5.74) is 0. The van der Waals surface area contributed by atoms with Crippen molar-refractivity contribution in [3.8, 4) is 0 Å². The van der Waals surface area contributed by atoms with Gasteiger partial charge < -0.3 is 20.3 Å². The van der Waals surface area contributed by atoms with Crippen LogP contribution >= 0.6 is 11.8 Å². The minimum absolute atomic E-state index is 0.273. The predicted octanol–water partition coefficient (Wildman–Crippen LogP) is 1.65. The van der Waals surface area contributed by atoms with Gasteiger partial charge >= 0.3 is 0 Å². The highest BCUT2D eigenvalue weighted by Crippen LogP contribution is 2.00. The van der Waals surface area contributed by atoms with E-state index in [-0.39, 0.29) is 6.61 Å². The number of unbranched alkanes of at least 4 members (excludes halogenated alkanes) is 3. The van der Waals surface area contributed by atoms with Crippen molar-refractivity contribution < 1.29 is 14.9 Å². The molecule has 0 radical (unpaired) electrons. The molecule has 0 heterocycles. The van der Waals surface area contributed by atoms with E-state index in [0.29, 0.717) is 13.2 Å². The zero-order chi connectivity index (χ0) is 14.2. The summed E-state index contributed by atoms with van der Waals surface area (Å²) >= 11 is 1.82. The van der Waals surface area contributed by atoms with Crippen LogP contribution in [0.15, 0.2) is 0 Å². The molecule has 0 aliphatic carbocycles. The first-order valence-corrected chi connectivity index (χ1v) is 8.61. The van der Waals surface area contributed by atoms with E-state index in [0.717, 1.165) is 37.5 Å². The zero-order valence-electron chi connectivity index (χ0n) is 12.3. The molecule has 0 aliphatic rings.